The SMILES string of the molecule is [2H]c1c([2H])c([2H])c(C2CO2)c([2H])c1[2H]. The molecule has 1 fully saturated rings. The lowest BCUT2D eigenvalue weighted by Crippen LogP contribution is -1.75. The van der Waals surface area contributed by atoms with Crippen LogP contribution in [0, 0.1) is 0 Å². The Balaban J connectivity index is 2.69. The minimum atomic E-state index is -0.357. The zero-order chi connectivity index (χ0) is 10.5. The zero-order valence-corrected chi connectivity index (χ0v) is 4.69. The molecule has 0 N–H and O–H groups in total. The number of hydrogen-bond donors (Lipinski definition) is 0. The summed E-state index contributed by atoms with van der Waals surface area (Å²) < 4.78 is 42.2. The largest absolute Gasteiger partial charge is 0.368 e. The number of ether oxygens (including phenoxy) is 1. The molecule has 0 saturated carbocycles. The van der Waals surface area contributed by atoms with Crippen LogP contribution < -0.4 is 0 Å². The number of benzene rings is 1. The summed E-state index contributed by atoms with van der Waals surface area (Å²) in [5.74, 6) is 0. The number of rotatable bonds is 1. The van der Waals surface area contributed by atoms with Gasteiger partial charge in [0, 0.05) is 0 Å². The summed E-state index contributed by atoms with van der Waals surface area (Å²) in [5, 5.41) is 0. The van der Waals surface area contributed by atoms with E-state index >= 15 is 0 Å². The molecule has 1 saturated heterocycles. The van der Waals surface area contributed by atoms with Crippen molar-refractivity contribution in [3.05, 3.63) is 35.8 Å². The highest BCUT2D eigenvalue weighted by atomic mass is 16.6. The summed E-state index contributed by atoms with van der Waals surface area (Å²) in [7, 11) is 0. The van der Waals surface area contributed by atoms with Crippen LogP contribution in [0.5, 0.6) is 0 Å². The fraction of sp³-hybridized carbons (Fsp3) is 0.250. The molecule has 1 aromatic carbocycles. The second-order valence-electron chi connectivity index (χ2n) is 1.86. The highest BCUT2D eigenvalue weighted by Gasteiger charge is 2.23. The molecule has 1 aliphatic heterocycles. The van der Waals surface area contributed by atoms with Gasteiger partial charge in [0.25, 0.3) is 0 Å². The Morgan fingerprint density at radius 3 is 2.67 bits per heavy atom. The molecule has 9 heavy (non-hydrogen) atoms. The molecule has 1 nitrogen and oxygen atoms in total. The van der Waals surface area contributed by atoms with E-state index in [0.29, 0.717) is 6.61 Å². The Hall–Kier alpha value is -0.820. The van der Waals surface area contributed by atoms with Gasteiger partial charge in [0.1, 0.15) is 6.10 Å². The van der Waals surface area contributed by atoms with Crippen LogP contribution >= 0.6 is 0 Å². The predicted octanol–water partition coefficient (Wildman–Crippen LogP) is 1.76. The third-order valence-corrected chi connectivity index (χ3v) is 1.17. The summed E-state index contributed by atoms with van der Waals surface area (Å²) >= 11 is 0. The van der Waals surface area contributed by atoms with E-state index in [0.717, 1.165) is 0 Å². The number of hydrogen-bond acceptors (Lipinski definition) is 1. The predicted molar refractivity (Wildman–Crippen MR) is 35.1 cm³/mol. The van der Waals surface area contributed by atoms with Crippen LogP contribution in [0.4, 0.5) is 0 Å². The molecule has 2 rings (SSSR count). The lowest BCUT2D eigenvalue weighted by atomic mass is 10.2. The van der Waals surface area contributed by atoms with Gasteiger partial charge in [-0.2, -0.15) is 0 Å². The highest BCUT2D eigenvalue weighted by molar-refractivity contribution is 5.19. The Morgan fingerprint density at radius 2 is 2.11 bits per heavy atom. The lowest BCUT2D eigenvalue weighted by Gasteiger charge is -1.89. The molecule has 0 radical (unpaired) electrons. The first-order valence-electron chi connectivity index (χ1n) is 5.22. The van der Waals surface area contributed by atoms with Crippen molar-refractivity contribution < 1.29 is 11.6 Å². The van der Waals surface area contributed by atoms with Crippen molar-refractivity contribution >= 4 is 0 Å². The van der Waals surface area contributed by atoms with Gasteiger partial charge < -0.3 is 4.74 Å². The molecular formula is C8H8O. The Labute approximate surface area is 61.3 Å². The van der Waals surface area contributed by atoms with Gasteiger partial charge in [0.15, 0.2) is 0 Å². The quantitative estimate of drug-likeness (QED) is 0.521. The van der Waals surface area contributed by atoms with Crippen LogP contribution in [0.15, 0.2) is 30.2 Å². The van der Waals surface area contributed by atoms with Gasteiger partial charge in [-0.05, 0) is 5.56 Å². The second kappa shape index (κ2) is 1.85. The first kappa shape index (κ1) is 2.10. The Morgan fingerprint density at radius 1 is 1.44 bits per heavy atom. The average molecular weight is 125 g/mol. The van der Waals surface area contributed by atoms with Crippen LogP contribution in [0.25, 0.3) is 0 Å². The first-order valence-corrected chi connectivity index (χ1v) is 2.72. The van der Waals surface area contributed by atoms with Crippen molar-refractivity contribution in [3.63, 3.8) is 0 Å². The van der Waals surface area contributed by atoms with Gasteiger partial charge in [0.05, 0.1) is 13.5 Å². The van der Waals surface area contributed by atoms with E-state index in [-0.39, 0.29) is 41.9 Å². The smallest absolute Gasteiger partial charge is 0.106 e. The molecule has 46 valence electrons. The monoisotopic (exact) mass is 125 g/mol. The van der Waals surface area contributed by atoms with E-state index in [2.05, 4.69) is 0 Å². The van der Waals surface area contributed by atoms with Gasteiger partial charge in [-0.1, -0.05) is 30.2 Å². The Kier molecular flexibility index (Phi) is 0.431. The van der Waals surface area contributed by atoms with Crippen molar-refractivity contribution in [2.45, 2.75) is 6.10 Å². The molecule has 1 heterocycles. The zero-order valence-electron chi connectivity index (χ0n) is 9.69. The first-order chi connectivity index (χ1) is 6.54. The maximum Gasteiger partial charge on any atom is 0.106 e. The summed E-state index contributed by atoms with van der Waals surface area (Å²) in [6.07, 6.45) is -0.316. The molecule has 0 aliphatic carbocycles. The second-order valence-corrected chi connectivity index (χ2v) is 1.86. The summed E-state index contributed by atoms with van der Waals surface area (Å²) in [5.41, 5.74) is 0.274. The van der Waals surface area contributed by atoms with Crippen molar-refractivity contribution in [2.75, 3.05) is 6.61 Å². The Bertz CT molecular complexity index is 370. The van der Waals surface area contributed by atoms with Gasteiger partial charge in [-0.15, -0.1) is 0 Å². The topological polar surface area (TPSA) is 12.5 Å². The van der Waals surface area contributed by atoms with Crippen molar-refractivity contribution in [2.24, 2.45) is 0 Å². The third kappa shape index (κ3) is 0.958. The molecule has 0 spiro atoms. The minimum absolute atomic E-state index is 0.154. The van der Waals surface area contributed by atoms with Gasteiger partial charge >= 0.3 is 0 Å². The molecule has 0 amide bonds. The van der Waals surface area contributed by atoms with E-state index < -0.39 is 0 Å². The molecule has 0 aromatic heterocycles. The molecule has 1 heteroatoms. The molecule has 0 bridgehead atoms. The van der Waals surface area contributed by atoms with Crippen LogP contribution in [0.1, 0.15) is 18.5 Å². The normalized spacial score (nSPS) is 31.6. The van der Waals surface area contributed by atoms with E-state index in [1.54, 1.807) is 0 Å². The summed E-state index contributed by atoms with van der Waals surface area (Å²) in [6, 6.07) is -1.26. The average Bonchev–Trinajstić information content (AvgIpc) is 2.96. The standard InChI is InChI=1S/C8H8O/c1-2-4-7(5-3-1)8-6-9-8/h1-5,8H,6H2/i1D,2D,3D,4D,5D. The van der Waals surface area contributed by atoms with Crippen LogP contribution in [-0.4, -0.2) is 6.61 Å². The highest BCUT2D eigenvalue weighted by Crippen LogP contribution is 2.28. The van der Waals surface area contributed by atoms with E-state index in [9.17, 15) is 0 Å². The van der Waals surface area contributed by atoms with Gasteiger partial charge in [0.2, 0.25) is 0 Å². The van der Waals surface area contributed by atoms with Gasteiger partial charge in [-0.3, -0.25) is 0 Å². The van der Waals surface area contributed by atoms with Crippen molar-refractivity contribution in [3.8, 4) is 0 Å². The van der Waals surface area contributed by atoms with E-state index in [1.165, 1.54) is 0 Å². The number of epoxide rings is 1. The maximum absolute atomic E-state index is 7.55. The molecule has 1 unspecified atom stereocenters. The third-order valence-electron chi connectivity index (χ3n) is 1.17. The molecule has 1 aromatic rings. The fourth-order valence-corrected chi connectivity index (χ4v) is 0.635. The van der Waals surface area contributed by atoms with E-state index in [4.69, 9.17) is 11.6 Å². The summed E-state index contributed by atoms with van der Waals surface area (Å²) in [6.45, 7) is 0.438. The van der Waals surface area contributed by atoms with Crippen molar-refractivity contribution in [1.82, 2.24) is 0 Å². The molecular weight excluding hydrogens is 112 g/mol. The molecule has 1 atom stereocenters. The van der Waals surface area contributed by atoms with Crippen molar-refractivity contribution in [1.29, 1.82) is 0 Å². The summed E-state index contributed by atoms with van der Waals surface area (Å²) in [4.78, 5) is 0. The van der Waals surface area contributed by atoms with Gasteiger partial charge in [-0.25, -0.2) is 0 Å². The van der Waals surface area contributed by atoms with Crippen LogP contribution in [-0.2, 0) is 4.74 Å². The fourth-order valence-electron chi connectivity index (χ4n) is 0.635. The minimum Gasteiger partial charge on any atom is -0.368 e. The maximum atomic E-state index is 7.55. The lowest BCUT2D eigenvalue weighted by molar-refractivity contribution is 0.415. The van der Waals surface area contributed by atoms with Crippen LogP contribution in [0.2, 0.25) is 0 Å². The molecule has 1 aliphatic rings. The van der Waals surface area contributed by atoms with Crippen LogP contribution in [0.3, 0.4) is 0 Å². The van der Waals surface area contributed by atoms with E-state index in [1.807, 2.05) is 0 Å².